The molecular formula is C64H12Si. The first-order valence-corrected chi connectivity index (χ1v) is 28.5. The van der Waals surface area contributed by atoms with Gasteiger partial charge >= 0.3 is 0 Å². The number of hydrogen-bond donors (Lipinski definition) is 0. The lowest BCUT2D eigenvalue weighted by Gasteiger charge is -2.48. The summed E-state index contributed by atoms with van der Waals surface area (Å²) in [6, 6.07) is 1.33. The molecule has 0 heterocycles. The van der Waals surface area contributed by atoms with Gasteiger partial charge in [0.2, 0.25) is 0 Å². The molecule has 0 nitrogen and oxygen atoms in total. The fourth-order valence-electron chi connectivity index (χ4n) is 24.5. The first kappa shape index (κ1) is 24.1. The fraction of sp³-hybridized carbons (Fsp3) is 0.0938. The van der Waals surface area contributed by atoms with Gasteiger partial charge in [0.15, 0.2) is 0 Å². The van der Waals surface area contributed by atoms with Crippen LogP contribution in [-0.2, 0) is 5.41 Å². The van der Waals surface area contributed by atoms with E-state index in [0.717, 1.165) is 0 Å². The van der Waals surface area contributed by atoms with Crippen LogP contribution in [0, 0.1) is 0 Å². The topological polar surface area (TPSA) is 0 Å². The standard InChI is InChI=1S/C64H12Si/c1-65(2,3)4-64-61-57-51-37-29-21-9-6-5-7-10(9)22-24-20-14(7)16-12-8(5)11-15-13(6)19-23(21)35(37)43-41-27(19)25(15)33-31-17(11)18(12)32-34-26(16)28(20)42-44-36(24)38(30(22)29)52(51)58(61)54(44)56-48(42)46(34)50-40(32)39(31)49-45(33)47(41)55(53(43)57)62(64)59(49)60(50)63(56)64/h61H,4H2,1-3H3. The molecule has 28 aromatic rings. The zero-order chi connectivity index (χ0) is 38.8. The van der Waals surface area contributed by atoms with Gasteiger partial charge in [0, 0.05) is 19.4 Å². The smallest absolute Gasteiger partial charge is 0.0455 e. The number of benzene rings is 18. The molecule has 0 bridgehead atoms. The molecule has 4 aliphatic rings. The highest BCUT2D eigenvalue weighted by Gasteiger charge is 2.63. The van der Waals surface area contributed by atoms with Crippen molar-refractivity contribution in [2.24, 2.45) is 0 Å². The molecule has 0 atom stereocenters. The second-order valence-corrected chi connectivity index (χ2v) is 31.4. The van der Waals surface area contributed by atoms with E-state index in [1.165, 1.54) is 6.04 Å². The molecule has 0 unspecified atom stereocenters. The molecule has 32 rings (SSSR count). The quantitative estimate of drug-likeness (QED) is 0.121. The van der Waals surface area contributed by atoms with Gasteiger partial charge in [0.1, 0.15) is 0 Å². The molecule has 0 spiro atoms. The van der Waals surface area contributed by atoms with Crippen LogP contribution in [-0.4, -0.2) is 8.07 Å². The van der Waals surface area contributed by atoms with E-state index in [4.69, 9.17) is 0 Å². The zero-order valence-electron chi connectivity index (χ0n) is 34.3. The molecule has 272 valence electrons. The van der Waals surface area contributed by atoms with Crippen LogP contribution in [0.5, 0.6) is 0 Å². The molecule has 0 fully saturated rings. The number of rotatable bonds is 2. The van der Waals surface area contributed by atoms with Gasteiger partial charge in [-0.15, -0.1) is 0 Å². The van der Waals surface area contributed by atoms with Crippen molar-refractivity contribution in [2.45, 2.75) is 37.0 Å². The van der Waals surface area contributed by atoms with Gasteiger partial charge in [-0.2, -0.15) is 0 Å². The average molecular weight is 809 g/mol. The van der Waals surface area contributed by atoms with Crippen LogP contribution in [0.4, 0.5) is 0 Å². The van der Waals surface area contributed by atoms with Gasteiger partial charge in [0.25, 0.3) is 0 Å². The highest BCUT2D eigenvalue weighted by Crippen LogP contribution is 2.84. The lowest BCUT2D eigenvalue weighted by molar-refractivity contribution is 0.518. The Kier molecular flexibility index (Phi) is 1.95. The highest BCUT2D eigenvalue weighted by molar-refractivity contribution is 6.83. The SMILES string of the molecule is C[Si](C)(C)CC12c3c4c5c6c7c8c(c9c%10c1c1c3c3c%11c4c4c5c5c7c7c%12c8c8c9c9c%10c%10c1c1c3c3c%11c%11c4c4c5c7c5c7c%12c8c8c9c9c%10c1c1c3c3c%11c4c5c4c7c8c9c1c34)C62. The molecular weight excluding hydrogens is 797 g/mol. The van der Waals surface area contributed by atoms with Crippen LogP contribution >= 0.6 is 0 Å². The van der Waals surface area contributed by atoms with Gasteiger partial charge in [-0.05, 0) is 319 Å². The molecule has 0 aromatic heterocycles. The fourth-order valence-corrected chi connectivity index (χ4v) is 26.7. The summed E-state index contributed by atoms with van der Waals surface area (Å²) in [6.45, 7) is 8.25. The van der Waals surface area contributed by atoms with Crippen LogP contribution in [0.15, 0.2) is 0 Å². The Morgan fingerprint density at radius 3 is 0.538 bits per heavy atom. The van der Waals surface area contributed by atoms with Crippen molar-refractivity contribution in [1.82, 2.24) is 0 Å². The minimum absolute atomic E-state index is 0.0458. The van der Waals surface area contributed by atoms with Crippen molar-refractivity contribution in [2.75, 3.05) is 0 Å². The summed E-state index contributed by atoms with van der Waals surface area (Å²) in [5, 5.41) is 91.9. The van der Waals surface area contributed by atoms with Crippen molar-refractivity contribution in [3.8, 4) is 0 Å². The second kappa shape index (κ2) is 5.26. The highest BCUT2D eigenvalue weighted by atomic mass is 28.3. The van der Waals surface area contributed by atoms with E-state index >= 15 is 0 Å². The van der Waals surface area contributed by atoms with E-state index in [2.05, 4.69) is 19.6 Å². The Bertz CT molecular complexity index is 6750. The van der Waals surface area contributed by atoms with Crippen molar-refractivity contribution in [3.63, 3.8) is 0 Å². The molecule has 0 N–H and O–H groups in total. The Hall–Kier alpha value is -7.32. The van der Waals surface area contributed by atoms with Crippen LogP contribution in [0.1, 0.15) is 28.2 Å². The summed E-state index contributed by atoms with van der Waals surface area (Å²) in [5.74, 6) is 0.389. The average Bonchev–Trinajstić information content (AvgIpc) is 4.12. The third-order valence-electron chi connectivity index (χ3n) is 24.1. The van der Waals surface area contributed by atoms with E-state index in [9.17, 15) is 0 Å². The van der Waals surface area contributed by atoms with Crippen molar-refractivity contribution < 1.29 is 0 Å². The Morgan fingerprint density at radius 2 is 0.354 bits per heavy atom. The van der Waals surface area contributed by atoms with Gasteiger partial charge in [-0.1, -0.05) is 19.6 Å². The summed E-state index contributed by atoms with van der Waals surface area (Å²) < 4.78 is 0. The summed E-state index contributed by atoms with van der Waals surface area (Å²) >= 11 is 0. The van der Waals surface area contributed by atoms with E-state index in [0.29, 0.717) is 5.92 Å². The Morgan fingerprint density at radius 1 is 0.215 bits per heavy atom. The Balaban J connectivity index is 1.27. The molecule has 0 aliphatic heterocycles. The van der Waals surface area contributed by atoms with E-state index in [1.807, 2.05) is 22.3 Å². The molecule has 1 heteroatoms. The molecule has 0 saturated carbocycles. The van der Waals surface area contributed by atoms with Crippen molar-refractivity contribution >= 4 is 299 Å². The molecule has 0 radical (unpaired) electrons. The third-order valence-corrected chi connectivity index (χ3v) is 25.7. The van der Waals surface area contributed by atoms with Crippen molar-refractivity contribution in [3.05, 3.63) is 22.3 Å². The van der Waals surface area contributed by atoms with Gasteiger partial charge < -0.3 is 0 Å². The lowest BCUT2D eigenvalue weighted by atomic mass is 9.58. The maximum atomic E-state index is 2.75. The first-order chi connectivity index (χ1) is 32.1. The maximum Gasteiger partial charge on any atom is 0.0455 e. The largest absolute Gasteiger partial charge is 0.0695 e. The summed E-state index contributed by atoms with van der Waals surface area (Å²) in [6.07, 6.45) is 0. The van der Waals surface area contributed by atoms with Gasteiger partial charge in [-0.3, -0.25) is 0 Å². The minimum Gasteiger partial charge on any atom is -0.0695 e. The number of hydrogen-bond acceptors (Lipinski definition) is 0. The van der Waals surface area contributed by atoms with Crippen LogP contribution < -0.4 is 0 Å². The monoisotopic (exact) mass is 808 g/mol. The van der Waals surface area contributed by atoms with E-state index < -0.39 is 8.07 Å². The summed E-state index contributed by atoms with van der Waals surface area (Å²) in [5.41, 5.74) is 7.28. The minimum atomic E-state index is -1.74. The van der Waals surface area contributed by atoms with Crippen molar-refractivity contribution in [1.29, 1.82) is 0 Å². The predicted molar refractivity (Wildman–Crippen MR) is 283 cm³/mol. The molecule has 4 aliphatic carbocycles. The van der Waals surface area contributed by atoms with Gasteiger partial charge in [0.05, 0.1) is 0 Å². The van der Waals surface area contributed by atoms with Gasteiger partial charge in [-0.25, -0.2) is 0 Å². The second-order valence-electron chi connectivity index (χ2n) is 26.0. The summed E-state index contributed by atoms with van der Waals surface area (Å²) in [7, 11) is -1.74. The molecule has 28 aromatic carbocycles. The first-order valence-electron chi connectivity index (χ1n) is 24.8. The summed E-state index contributed by atoms with van der Waals surface area (Å²) in [4.78, 5) is 0. The zero-order valence-corrected chi connectivity index (χ0v) is 35.3. The van der Waals surface area contributed by atoms with Crippen LogP contribution in [0.25, 0.3) is 291 Å². The normalized spacial score (nSPS) is 21.7. The molecule has 0 amide bonds. The van der Waals surface area contributed by atoms with E-state index in [-0.39, 0.29) is 5.41 Å². The van der Waals surface area contributed by atoms with Crippen LogP contribution in [0.3, 0.4) is 0 Å². The maximum absolute atomic E-state index is 2.75. The molecule has 0 saturated heterocycles. The Labute approximate surface area is 356 Å². The van der Waals surface area contributed by atoms with Crippen LogP contribution in [0.2, 0.25) is 25.7 Å². The third kappa shape index (κ3) is 1.27. The predicted octanol–water partition coefficient (Wildman–Crippen LogP) is 18.5. The molecule has 65 heavy (non-hydrogen) atoms. The van der Waals surface area contributed by atoms with E-state index in [1.54, 1.807) is 291 Å². The lowest BCUT2D eigenvalue weighted by Crippen LogP contribution is -2.43.